The summed E-state index contributed by atoms with van der Waals surface area (Å²) >= 11 is 0. The van der Waals surface area contributed by atoms with Gasteiger partial charge in [-0.15, -0.1) is 0 Å². The molecule has 0 saturated carbocycles. The van der Waals surface area contributed by atoms with E-state index in [9.17, 15) is 13.2 Å². The second-order valence-corrected chi connectivity index (χ2v) is 8.57. The fourth-order valence-corrected chi connectivity index (χ4v) is 4.50. The molecule has 0 fully saturated rings. The third-order valence-electron chi connectivity index (χ3n) is 6.31. The quantitative estimate of drug-likeness (QED) is 0.314. The van der Waals surface area contributed by atoms with Crippen molar-refractivity contribution in [3.8, 4) is 39.7 Å². The molecule has 0 saturated heterocycles. The summed E-state index contributed by atoms with van der Waals surface area (Å²) in [6.07, 6.45) is 0.212. The van der Waals surface area contributed by atoms with Gasteiger partial charge in [0, 0.05) is 29.2 Å². The Morgan fingerprint density at radius 3 is 2.59 bits per heavy atom. The Kier molecular flexibility index (Phi) is 5.21. The van der Waals surface area contributed by atoms with Crippen LogP contribution in [-0.2, 0) is 12.7 Å². The fourth-order valence-electron chi connectivity index (χ4n) is 4.50. The summed E-state index contributed by atoms with van der Waals surface area (Å²) in [5.74, 6) is 1.28. The maximum atomic E-state index is 14.2. The second-order valence-electron chi connectivity index (χ2n) is 8.57. The van der Waals surface area contributed by atoms with Crippen LogP contribution in [-0.4, -0.2) is 36.8 Å². The van der Waals surface area contributed by atoms with Crippen LogP contribution in [0.1, 0.15) is 17.0 Å². The Labute approximate surface area is 209 Å². The molecule has 1 aliphatic heterocycles. The molecule has 0 bridgehead atoms. The summed E-state index contributed by atoms with van der Waals surface area (Å²) in [5, 5.41) is 7.22. The molecular formula is C26H20F3N7O. The van der Waals surface area contributed by atoms with Crippen molar-refractivity contribution >= 4 is 11.5 Å². The molecule has 0 atom stereocenters. The van der Waals surface area contributed by atoms with Crippen LogP contribution >= 0.6 is 0 Å². The number of fused-ring (bicyclic) bond motifs is 5. The molecule has 1 aromatic carbocycles. The number of hydrogen-bond acceptors (Lipinski definition) is 6. The molecule has 2 N–H and O–H groups in total. The van der Waals surface area contributed by atoms with Gasteiger partial charge in [-0.3, -0.25) is 9.67 Å². The van der Waals surface area contributed by atoms with Crippen molar-refractivity contribution in [1.29, 1.82) is 0 Å². The van der Waals surface area contributed by atoms with Crippen LogP contribution in [0.15, 0.2) is 61.1 Å². The van der Waals surface area contributed by atoms with E-state index in [2.05, 4.69) is 30.4 Å². The molecular weight excluding hydrogens is 483 g/mol. The number of anilines is 2. The Morgan fingerprint density at radius 1 is 1.03 bits per heavy atom. The predicted octanol–water partition coefficient (Wildman–Crippen LogP) is 5.84. The lowest BCUT2D eigenvalue weighted by Gasteiger charge is -2.08. The van der Waals surface area contributed by atoms with Crippen LogP contribution in [0.4, 0.5) is 24.7 Å². The van der Waals surface area contributed by atoms with Crippen molar-refractivity contribution in [2.24, 2.45) is 0 Å². The lowest BCUT2D eigenvalue weighted by molar-refractivity contribution is -0.141. The number of H-pyrrole nitrogens is 1. The number of nitrogens with one attached hydrogen (secondary N) is 2. The second kappa shape index (κ2) is 8.47. The molecule has 0 radical (unpaired) electrons. The van der Waals surface area contributed by atoms with Crippen LogP contribution in [0.2, 0.25) is 0 Å². The molecule has 0 aliphatic carbocycles. The molecule has 37 heavy (non-hydrogen) atoms. The molecule has 186 valence electrons. The van der Waals surface area contributed by atoms with Crippen molar-refractivity contribution < 1.29 is 17.9 Å². The molecule has 11 heteroatoms. The molecule has 8 nitrogen and oxygen atoms in total. The maximum Gasteiger partial charge on any atom is 0.435 e. The number of halogens is 3. The molecule has 0 spiro atoms. The Morgan fingerprint density at radius 2 is 1.84 bits per heavy atom. The van der Waals surface area contributed by atoms with E-state index >= 15 is 0 Å². The number of methoxy groups -OCH3 is 1. The Hall–Kier alpha value is -4.67. The van der Waals surface area contributed by atoms with E-state index in [0.717, 1.165) is 11.1 Å². The molecule has 6 rings (SSSR count). The van der Waals surface area contributed by atoms with Gasteiger partial charge < -0.3 is 15.0 Å². The highest BCUT2D eigenvalue weighted by Crippen LogP contribution is 2.44. The highest BCUT2D eigenvalue weighted by molar-refractivity contribution is 5.95. The van der Waals surface area contributed by atoms with Crippen molar-refractivity contribution in [3.63, 3.8) is 0 Å². The summed E-state index contributed by atoms with van der Waals surface area (Å²) < 4.78 is 49.2. The van der Waals surface area contributed by atoms with Gasteiger partial charge in [0.1, 0.15) is 23.1 Å². The van der Waals surface area contributed by atoms with E-state index in [1.54, 1.807) is 69.0 Å². The van der Waals surface area contributed by atoms with E-state index in [1.165, 1.54) is 4.68 Å². The first-order valence-electron chi connectivity index (χ1n) is 11.4. The minimum absolute atomic E-state index is 0.0790. The van der Waals surface area contributed by atoms with E-state index in [-0.39, 0.29) is 17.9 Å². The standard InChI is InChI=1S/C26H20F3N7O/c1-14-20(23(26(27,28)29)35-36(14)13-15-5-7-16(37-2)8-6-15)25-33-21-17-9-11-30-12-19(17)32-24-18(22(21)34-25)4-3-10-31-24/h3-12H,13H2,1-2H3,(H,31,32)(H,33,34). The van der Waals surface area contributed by atoms with Crippen LogP contribution in [0.3, 0.4) is 0 Å². The molecule has 5 heterocycles. The van der Waals surface area contributed by atoms with Crippen LogP contribution in [0.5, 0.6) is 5.75 Å². The van der Waals surface area contributed by atoms with Crippen LogP contribution < -0.4 is 10.1 Å². The third-order valence-corrected chi connectivity index (χ3v) is 6.31. The van der Waals surface area contributed by atoms with Gasteiger partial charge in [0.05, 0.1) is 36.8 Å². The minimum atomic E-state index is -4.68. The monoisotopic (exact) mass is 503 g/mol. The van der Waals surface area contributed by atoms with Gasteiger partial charge in [-0.05, 0) is 42.8 Å². The molecule has 5 aromatic rings. The van der Waals surface area contributed by atoms with Gasteiger partial charge in [0.25, 0.3) is 0 Å². The number of alkyl halides is 3. The largest absolute Gasteiger partial charge is 0.497 e. The highest BCUT2D eigenvalue weighted by atomic mass is 19.4. The lowest BCUT2D eigenvalue weighted by atomic mass is 10.1. The van der Waals surface area contributed by atoms with Gasteiger partial charge in [-0.25, -0.2) is 9.97 Å². The van der Waals surface area contributed by atoms with Gasteiger partial charge in [0.15, 0.2) is 5.69 Å². The number of hydrogen-bond donors (Lipinski definition) is 2. The number of imidazole rings is 1. The Balaban J connectivity index is 1.52. The van der Waals surface area contributed by atoms with Gasteiger partial charge >= 0.3 is 6.18 Å². The van der Waals surface area contributed by atoms with Crippen molar-refractivity contribution in [1.82, 2.24) is 29.7 Å². The van der Waals surface area contributed by atoms with E-state index in [1.807, 2.05) is 6.07 Å². The fraction of sp³-hybridized carbons (Fsp3) is 0.154. The first kappa shape index (κ1) is 22.8. The smallest absolute Gasteiger partial charge is 0.435 e. The van der Waals surface area contributed by atoms with Crippen LogP contribution in [0, 0.1) is 6.92 Å². The predicted molar refractivity (Wildman–Crippen MR) is 131 cm³/mol. The topological polar surface area (TPSA) is 93.5 Å². The van der Waals surface area contributed by atoms with E-state index < -0.39 is 11.9 Å². The number of pyridine rings is 2. The summed E-state index contributed by atoms with van der Waals surface area (Å²) in [4.78, 5) is 16.4. The van der Waals surface area contributed by atoms with E-state index in [0.29, 0.717) is 39.9 Å². The minimum Gasteiger partial charge on any atom is -0.497 e. The average Bonchev–Trinajstić information content (AvgIpc) is 3.43. The van der Waals surface area contributed by atoms with Crippen LogP contribution in [0.25, 0.3) is 33.9 Å². The zero-order chi connectivity index (χ0) is 25.7. The zero-order valence-corrected chi connectivity index (χ0v) is 19.8. The highest BCUT2D eigenvalue weighted by Gasteiger charge is 2.40. The Bertz CT molecular complexity index is 1560. The van der Waals surface area contributed by atoms with Gasteiger partial charge in [0.2, 0.25) is 0 Å². The third kappa shape index (κ3) is 3.88. The summed E-state index contributed by atoms with van der Waals surface area (Å²) in [6.45, 7) is 1.77. The van der Waals surface area contributed by atoms with Crippen molar-refractivity contribution in [2.75, 3.05) is 12.4 Å². The van der Waals surface area contributed by atoms with Gasteiger partial charge in [-0.2, -0.15) is 18.3 Å². The molecule has 4 aromatic heterocycles. The number of rotatable bonds is 4. The number of benzene rings is 1. The maximum absolute atomic E-state index is 14.2. The first-order valence-corrected chi connectivity index (χ1v) is 11.4. The normalized spacial score (nSPS) is 12.2. The van der Waals surface area contributed by atoms with Crippen molar-refractivity contribution in [2.45, 2.75) is 19.6 Å². The first-order chi connectivity index (χ1) is 17.8. The van der Waals surface area contributed by atoms with Crippen molar-refractivity contribution in [3.05, 3.63) is 78.0 Å². The number of aromatic amines is 1. The summed E-state index contributed by atoms with van der Waals surface area (Å²) in [7, 11) is 1.55. The van der Waals surface area contributed by atoms with E-state index in [4.69, 9.17) is 4.74 Å². The molecule has 1 aliphatic rings. The zero-order valence-electron chi connectivity index (χ0n) is 19.8. The summed E-state index contributed by atoms with van der Waals surface area (Å²) in [6, 6.07) is 12.5. The average molecular weight is 503 g/mol. The summed E-state index contributed by atoms with van der Waals surface area (Å²) in [5.41, 5.74) is 3.14. The number of nitrogens with zero attached hydrogens (tertiary/aromatic N) is 5. The molecule has 0 amide bonds. The number of ether oxygens (including phenoxy) is 1. The molecule has 0 unspecified atom stereocenters. The number of aromatic nitrogens is 6. The SMILES string of the molecule is COc1ccc(Cn2nc(C(F)(F)F)c(-c3nc4c([nH]3)-c3ccncc3Nc3ncccc3-4)c2C)cc1. The lowest BCUT2D eigenvalue weighted by Crippen LogP contribution is -2.09. The van der Waals surface area contributed by atoms with Gasteiger partial charge in [-0.1, -0.05) is 12.1 Å².